The van der Waals surface area contributed by atoms with Gasteiger partial charge in [-0.05, 0) is 26.0 Å². The van der Waals surface area contributed by atoms with E-state index >= 15 is 0 Å². The Kier molecular flexibility index (Phi) is 5.71. The van der Waals surface area contributed by atoms with Gasteiger partial charge in [-0.1, -0.05) is 23.4 Å². The maximum atomic E-state index is 12.5. The molecule has 2 heterocycles. The van der Waals surface area contributed by atoms with Crippen molar-refractivity contribution in [3.63, 3.8) is 0 Å². The number of aromatic nitrogens is 1. The normalized spacial score (nSPS) is 15.4. The Morgan fingerprint density at radius 3 is 2.52 bits per heavy atom. The summed E-state index contributed by atoms with van der Waals surface area (Å²) in [5.41, 5.74) is 1.73. The molecule has 6 nitrogen and oxygen atoms in total. The zero-order valence-electron chi connectivity index (χ0n) is 14.9. The van der Waals surface area contributed by atoms with Crippen LogP contribution in [0.3, 0.4) is 0 Å². The molecule has 0 radical (unpaired) electrons. The Hall–Kier alpha value is -2.34. The van der Waals surface area contributed by atoms with Gasteiger partial charge in [0, 0.05) is 38.3 Å². The largest absolute Gasteiger partial charge is 0.492 e. The summed E-state index contributed by atoms with van der Waals surface area (Å²) in [4.78, 5) is 16.8. The van der Waals surface area contributed by atoms with Gasteiger partial charge in [0.15, 0.2) is 0 Å². The van der Waals surface area contributed by atoms with E-state index in [2.05, 4.69) is 10.1 Å². The zero-order valence-corrected chi connectivity index (χ0v) is 14.9. The maximum Gasteiger partial charge on any atom is 0.227 e. The Morgan fingerprint density at radius 2 is 1.88 bits per heavy atom. The fourth-order valence-electron chi connectivity index (χ4n) is 3.05. The van der Waals surface area contributed by atoms with Crippen molar-refractivity contribution < 1.29 is 14.1 Å². The minimum atomic E-state index is 0.148. The van der Waals surface area contributed by atoms with Gasteiger partial charge in [0.25, 0.3) is 0 Å². The molecule has 0 atom stereocenters. The molecule has 0 unspecified atom stereocenters. The molecule has 25 heavy (non-hydrogen) atoms. The van der Waals surface area contributed by atoms with Gasteiger partial charge in [-0.2, -0.15) is 0 Å². The van der Waals surface area contributed by atoms with Gasteiger partial charge in [-0.15, -0.1) is 0 Å². The highest BCUT2D eigenvalue weighted by Gasteiger charge is 2.23. The van der Waals surface area contributed by atoms with Crippen LogP contribution in [0.2, 0.25) is 0 Å². The molecule has 1 aromatic carbocycles. The second-order valence-electron chi connectivity index (χ2n) is 6.36. The summed E-state index contributed by atoms with van der Waals surface area (Å²) >= 11 is 0. The van der Waals surface area contributed by atoms with E-state index in [1.165, 1.54) is 0 Å². The lowest BCUT2D eigenvalue weighted by molar-refractivity contribution is -0.132. The number of nitrogens with zero attached hydrogens (tertiary/aromatic N) is 3. The van der Waals surface area contributed by atoms with E-state index in [9.17, 15) is 4.79 Å². The first kappa shape index (κ1) is 17.5. The molecule has 1 amide bonds. The molecule has 3 rings (SSSR count). The molecule has 1 aromatic heterocycles. The van der Waals surface area contributed by atoms with Crippen LogP contribution in [0, 0.1) is 13.8 Å². The predicted octanol–water partition coefficient (Wildman–Crippen LogP) is 2.06. The van der Waals surface area contributed by atoms with Crippen molar-refractivity contribution in [2.24, 2.45) is 0 Å². The summed E-state index contributed by atoms with van der Waals surface area (Å²) in [6.07, 6.45) is 0.373. The quantitative estimate of drug-likeness (QED) is 0.803. The zero-order chi connectivity index (χ0) is 17.6. The molecular formula is C19H25N3O3. The molecule has 0 aliphatic carbocycles. The minimum Gasteiger partial charge on any atom is -0.492 e. The van der Waals surface area contributed by atoms with Crippen LogP contribution in [-0.4, -0.2) is 60.2 Å². The van der Waals surface area contributed by atoms with Crippen LogP contribution in [0.5, 0.6) is 5.75 Å². The minimum absolute atomic E-state index is 0.148. The van der Waals surface area contributed by atoms with Crippen LogP contribution >= 0.6 is 0 Å². The monoisotopic (exact) mass is 343 g/mol. The number of aryl methyl sites for hydroxylation is 2. The van der Waals surface area contributed by atoms with Gasteiger partial charge in [0.1, 0.15) is 18.1 Å². The molecule has 6 heteroatoms. The van der Waals surface area contributed by atoms with E-state index in [-0.39, 0.29) is 5.91 Å². The van der Waals surface area contributed by atoms with Crippen molar-refractivity contribution in [1.29, 1.82) is 0 Å². The maximum absolute atomic E-state index is 12.5. The lowest BCUT2D eigenvalue weighted by Gasteiger charge is -2.34. The van der Waals surface area contributed by atoms with Gasteiger partial charge < -0.3 is 14.2 Å². The van der Waals surface area contributed by atoms with Crippen LogP contribution in [0.1, 0.15) is 17.0 Å². The summed E-state index contributed by atoms with van der Waals surface area (Å²) in [5.74, 6) is 1.79. The Bertz CT molecular complexity index is 672. The first-order valence-electron chi connectivity index (χ1n) is 8.73. The summed E-state index contributed by atoms with van der Waals surface area (Å²) in [6.45, 7) is 8.55. The highest BCUT2D eigenvalue weighted by atomic mass is 16.5. The molecule has 1 saturated heterocycles. The number of hydrogen-bond acceptors (Lipinski definition) is 5. The molecule has 0 spiro atoms. The van der Waals surface area contributed by atoms with Crippen molar-refractivity contribution in [3.8, 4) is 5.75 Å². The summed E-state index contributed by atoms with van der Waals surface area (Å²) in [7, 11) is 0. The number of benzene rings is 1. The number of ether oxygens (including phenoxy) is 1. The van der Waals surface area contributed by atoms with Crippen LogP contribution in [0.25, 0.3) is 0 Å². The van der Waals surface area contributed by atoms with Crippen LogP contribution in [0.4, 0.5) is 0 Å². The topological polar surface area (TPSA) is 58.8 Å². The van der Waals surface area contributed by atoms with Gasteiger partial charge in [0.2, 0.25) is 5.91 Å². The Balaban J connectivity index is 1.40. The van der Waals surface area contributed by atoms with E-state index in [0.717, 1.165) is 55.5 Å². The molecule has 2 aromatic rings. The Morgan fingerprint density at radius 1 is 1.16 bits per heavy atom. The van der Waals surface area contributed by atoms with E-state index in [0.29, 0.717) is 13.0 Å². The lowest BCUT2D eigenvalue weighted by atomic mass is 10.1. The number of para-hydroxylation sites is 1. The van der Waals surface area contributed by atoms with E-state index in [4.69, 9.17) is 9.26 Å². The third-order valence-corrected chi connectivity index (χ3v) is 4.65. The highest BCUT2D eigenvalue weighted by Crippen LogP contribution is 2.15. The van der Waals surface area contributed by atoms with Crippen molar-refractivity contribution in [3.05, 3.63) is 47.3 Å². The molecule has 0 saturated carbocycles. The molecule has 1 fully saturated rings. The number of piperazine rings is 1. The number of hydrogen-bond donors (Lipinski definition) is 0. The lowest BCUT2D eigenvalue weighted by Crippen LogP contribution is -2.50. The van der Waals surface area contributed by atoms with Gasteiger partial charge in [-0.25, -0.2) is 0 Å². The van der Waals surface area contributed by atoms with Gasteiger partial charge in [-0.3, -0.25) is 9.69 Å². The van der Waals surface area contributed by atoms with Crippen molar-refractivity contribution in [1.82, 2.24) is 15.0 Å². The fourth-order valence-corrected chi connectivity index (χ4v) is 3.05. The third-order valence-electron chi connectivity index (χ3n) is 4.65. The van der Waals surface area contributed by atoms with Gasteiger partial charge >= 0.3 is 0 Å². The second kappa shape index (κ2) is 8.16. The highest BCUT2D eigenvalue weighted by molar-refractivity contribution is 5.79. The first-order chi connectivity index (χ1) is 12.1. The second-order valence-corrected chi connectivity index (χ2v) is 6.36. The van der Waals surface area contributed by atoms with Crippen LogP contribution in [0.15, 0.2) is 34.9 Å². The molecule has 0 N–H and O–H groups in total. The van der Waals surface area contributed by atoms with Crippen molar-refractivity contribution in [2.75, 3.05) is 39.3 Å². The molecular weight excluding hydrogens is 318 g/mol. The van der Waals surface area contributed by atoms with Crippen molar-refractivity contribution in [2.45, 2.75) is 20.3 Å². The summed E-state index contributed by atoms with van der Waals surface area (Å²) < 4.78 is 10.9. The molecule has 134 valence electrons. The standard InChI is InChI=1S/C19H25N3O3/c1-15-18(16(2)25-20-15)14-19(23)22-10-8-21(9-11-22)12-13-24-17-6-4-3-5-7-17/h3-7H,8-14H2,1-2H3. The van der Waals surface area contributed by atoms with Gasteiger partial charge in [0.05, 0.1) is 12.1 Å². The van der Waals surface area contributed by atoms with E-state index in [1.807, 2.05) is 49.1 Å². The van der Waals surface area contributed by atoms with Crippen LogP contribution in [-0.2, 0) is 11.2 Å². The van der Waals surface area contributed by atoms with E-state index < -0.39 is 0 Å². The van der Waals surface area contributed by atoms with E-state index in [1.54, 1.807) is 0 Å². The number of carbonyl (C=O) groups excluding carboxylic acids is 1. The smallest absolute Gasteiger partial charge is 0.227 e. The summed E-state index contributed by atoms with van der Waals surface area (Å²) in [6, 6.07) is 9.85. The average Bonchev–Trinajstić information content (AvgIpc) is 2.95. The van der Waals surface area contributed by atoms with Crippen LogP contribution < -0.4 is 4.74 Å². The fraction of sp³-hybridized carbons (Fsp3) is 0.474. The Labute approximate surface area is 148 Å². The molecule has 1 aliphatic heterocycles. The average molecular weight is 343 g/mol. The number of carbonyl (C=O) groups is 1. The predicted molar refractivity (Wildman–Crippen MR) is 94.6 cm³/mol. The first-order valence-corrected chi connectivity index (χ1v) is 8.73. The SMILES string of the molecule is Cc1noc(C)c1CC(=O)N1CCN(CCOc2ccccc2)CC1. The molecule has 1 aliphatic rings. The number of rotatable bonds is 6. The molecule has 0 bridgehead atoms. The van der Waals surface area contributed by atoms with Crippen molar-refractivity contribution >= 4 is 5.91 Å². The summed E-state index contributed by atoms with van der Waals surface area (Å²) in [5, 5.41) is 3.92. The third kappa shape index (κ3) is 4.60. The number of amides is 1.